The van der Waals surface area contributed by atoms with Gasteiger partial charge in [0, 0.05) is 19.5 Å². The summed E-state index contributed by atoms with van der Waals surface area (Å²) in [5.41, 5.74) is 6.92. The molecule has 0 spiro atoms. The number of thiophene rings is 1. The van der Waals surface area contributed by atoms with Crippen LogP contribution in [0.3, 0.4) is 0 Å². The Balaban J connectivity index is 0.00000162. The Morgan fingerprint density at radius 2 is 2.17 bits per heavy atom. The van der Waals surface area contributed by atoms with Gasteiger partial charge in [-0.3, -0.25) is 4.79 Å². The van der Waals surface area contributed by atoms with Crippen molar-refractivity contribution in [2.24, 2.45) is 11.7 Å². The highest BCUT2D eigenvalue weighted by Crippen LogP contribution is 2.17. The number of nitrogens with zero attached hydrogens (tertiary/aromatic N) is 1. The van der Waals surface area contributed by atoms with E-state index in [2.05, 4.69) is 16.8 Å². The maximum atomic E-state index is 12.0. The van der Waals surface area contributed by atoms with Gasteiger partial charge in [0.2, 0.25) is 5.91 Å². The topological polar surface area (TPSA) is 46.3 Å². The van der Waals surface area contributed by atoms with Gasteiger partial charge in [-0.15, -0.1) is 12.4 Å². The second-order valence-corrected chi connectivity index (χ2v) is 5.47. The number of rotatable bonds is 4. The van der Waals surface area contributed by atoms with E-state index in [-0.39, 0.29) is 12.4 Å². The summed E-state index contributed by atoms with van der Waals surface area (Å²) in [6.45, 7) is 2.55. The van der Waals surface area contributed by atoms with Crippen LogP contribution in [-0.2, 0) is 11.2 Å². The van der Waals surface area contributed by atoms with Crippen molar-refractivity contribution in [3.05, 3.63) is 22.4 Å². The lowest BCUT2D eigenvalue weighted by Crippen LogP contribution is -2.40. The lowest BCUT2D eigenvalue weighted by Gasteiger charge is -2.31. The third-order valence-electron chi connectivity index (χ3n) is 3.51. The summed E-state index contributed by atoms with van der Waals surface area (Å²) in [6.07, 6.45) is 3.66. The van der Waals surface area contributed by atoms with Gasteiger partial charge < -0.3 is 10.6 Å². The fraction of sp³-hybridized carbons (Fsp3) is 0.615. The van der Waals surface area contributed by atoms with Crippen molar-refractivity contribution in [1.29, 1.82) is 0 Å². The Labute approximate surface area is 119 Å². The zero-order valence-electron chi connectivity index (χ0n) is 10.5. The zero-order valence-corrected chi connectivity index (χ0v) is 12.1. The molecule has 0 atom stereocenters. The zero-order chi connectivity index (χ0) is 12.1. The number of carbonyl (C=O) groups excluding carboxylic acids is 1. The Hall–Kier alpha value is -0.580. The van der Waals surface area contributed by atoms with Crippen LogP contribution in [-0.4, -0.2) is 30.4 Å². The molecule has 2 rings (SSSR count). The lowest BCUT2D eigenvalue weighted by molar-refractivity contribution is -0.132. The first kappa shape index (κ1) is 15.5. The van der Waals surface area contributed by atoms with Gasteiger partial charge in [-0.05, 0) is 54.1 Å². The molecule has 1 aliphatic rings. The average Bonchev–Trinajstić information content (AvgIpc) is 2.89. The largest absolute Gasteiger partial charge is 0.343 e. The van der Waals surface area contributed by atoms with E-state index >= 15 is 0 Å². The summed E-state index contributed by atoms with van der Waals surface area (Å²) in [5.74, 6) is 0.919. The third kappa shape index (κ3) is 4.26. The molecule has 18 heavy (non-hydrogen) atoms. The van der Waals surface area contributed by atoms with Crippen LogP contribution in [0.5, 0.6) is 0 Å². The van der Waals surface area contributed by atoms with Gasteiger partial charge in [0.05, 0.1) is 0 Å². The predicted molar refractivity (Wildman–Crippen MR) is 78.2 cm³/mol. The Morgan fingerprint density at radius 1 is 1.44 bits per heavy atom. The summed E-state index contributed by atoms with van der Waals surface area (Å²) < 4.78 is 0. The van der Waals surface area contributed by atoms with E-state index in [1.807, 2.05) is 4.90 Å². The summed E-state index contributed by atoms with van der Waals surface area (Å²) in [6, 6.07) is 2.10. The molecule has 1 fully saturated rings. The van der Waals surface area contributed by atoms with E-state index in [1.165, 1.54) is 5.56 Å². The van der Waals surface area contributed by atoms with Crippen LogP contribution in [0.15, 0.2) is 16.8 Å². The molecule has 1 amide bonds. The van der Waals surface area contributed by atoms with Gasteiger partial charge in [0.1, 0.15) is 0 Å². The normalized spacial score (nSPS) is 16.4. The highest BCUT2D eigenvalue weighted by molar-refractivity contribution is 7.07. The maximum Gasteiger partial charge on any atom is 0.222 e. The Morgan fingerprint density at radius 3 is 2.72 bits per heavy atom. The van der Waals surface area contributed by atoms with Gasteiger partial charge in [-0.25, -0.2) is 0 Å². The number of amides is 1. The molecule has 3 nitrogen and oxygen atoms in total. The van der Waals surface area contributed by atoms with E-state index in [0.717, 1.165) is 38.9 Å². The summed E-state index contributed by atoms with van der Waals surface area (Å²) in [4.78, 5) is 14.0. The first-order valence-corrected chi connectivity index (χ1v) is 7.23. The number of hydrogen-bond donors (Lipinski definition) is 1. The predicted octanol–water partition coefficient (Wildman–Crippen LogP) is 2.30. The number of hydrogen-bond acceptors (Lipinski definition) is 3. The first-order valence-electron chi connectivity index (χ1n) is 6.28. The van der Waals surface area contributed by atoms with Crippen molar-refractivity contribution >= 4 is 29.7 Å². The van der Waals surface area contributed by atoms with E-state index in [1.54, 1.807) is 11.3 Å². The monoisotopic (exact) mass is 288 g/mol. The highest BCUT2D eigenvalue weighted by atomic mass is 35.5. The van der Waals surface area contributed by atoms with E-state index < -0.39 is 0 Å². The molecule has 1 aromatic heterocycles. The lowest BCUT2D eigenvalue weighted by atomic mass is 9.97. The number of halogens is 1. The van der Waals surface area contributed by atoms with Crippen molar-refractivity contribution in [3.63, 3.8) is 0 Å². The van der Waals surface area contributed by atoms with Crippen LogP contribution < -0.4 is 5.73 Å². The van der Waals surface area contributed by atoms with Gasteiger partial charge in [-0.2, -0.15) is 11.3 Å². The molecule has 1 aliphatic heterocycles. The highest BCUT2D eigenvalue weighted by Gasteiger charge is 2.21. The van der Waals surface area contributed by atoms with E-state index in [0.29, 0.717) is 18.2 Å². The van der Waals surface area contributed by atoms with Crippen molar-refractivity contribution in [2.45, 2.75) is 25.7 Å². The van der Waals surface area contributed by atoms with Crippen molar-refractivity contribution in [1.82, 2.24) is 4.90 Å². The fourth-order valence-corrected chi connectivity index (χ4v) is 2.97. The molecule has 2 heterocycles. The number of nitrogens with two attached hydrogens (primary N) is 1. The minimum Gasteiger partial charge on any atom is -0.343 e. The van der Waals surface area contributed by atoms with Crippen LogP contribution >= 0.6 is 23.7 Å². The average molecular weight is 289 g/mol. The van der Waals surface area contributed by atoms with Gasteiger partial charge in [-0.1, -0.05) is 0 Å². The van der Waals surface area contributed by atoms with Crippen molar-refractivity contribution in [3.8, 4) is 0 Å². The number of piperidine rings is 1. The smallest absolute Gasteiger partial charge is 0.222 e. The van der Waals surface area contributed by atoms with Crippen LogP contribution in [0.25, 0.3) is 0 Å². The van der Waals surface area contributed by atoms with Crippen LogP contribution in [0.1, 0.15) is 24.8 Å². The summed E-state index contributed by atoms with van der Waals surface area (Å²) >= 11 is 1.69. The molecule has 2 N–H and O–H groups in total. The number of aryl methyl sites for hydroxylation is 1. The summed E-state index contributed by atoms with van der Waals surface area (Å²) in [7, 11) is 0. The third-order valence-corrected chi connectivity index (χ3v) is 4.24. The van der Waals surface area contributed by atoms with Crippen LogP contribution in [0.2, 0.25) is 0 Å². The van der Waals surface area contributed by atoms with Crippen molar-refractivity contribution < 1.29 is 4.79 Å². The summed E-state index contributed by atoms with van der Waals surface area (Å²) in [5, 5.41) is 4.18. The van der Waals surface area contributed by atoms with Crippen LogP contribution in [0, 0.1) is 5.92 Å². The van der Waals surface area contributed by atoms with E-state index in [4.69, 9.17) is 5.73 Å². The fourth-order valence-electron chi connectivity index (χ4n) is 2.26. The van der Waals surface area contributed by atoms with E-state index in [9.17, 15) is 4.79 Å². The van der Waals surface area contributed by atoms with Gasteiger partial charge in [0.15, 0.2) is 0 Å². The van der Waals surface area contributed by atoms with Crippen molar-refractivity contribution in [2.75, 3.05) is 19.6 Å². The molecule has 1 saturated heterocycles. The molecule has 0 bridgehead atoms. The second kappa shape index (κ2) is 7.77. The van der Waals surface area contributed by atoms with Gasteiger partial charge >= 0.3 is 0 Å². The van der Waals surface area contributed by atoms with Crippen LogP contribution in [0.4, 0.5) is 0 Å². The standard InChI is InChI=1S/C13H20N2OS.ClH/c14-9-11-3-6-15(7-4-11)13(16)2-1-12-5-8-17-10-12;/h5,8,10-11H,1-4,6-7,9,14H2;1H. The van der Waals surface area contributed by atoms with Gasteiger partial charge in [0.25, 0.3) is 0 Å². The second-order valence-electron chi connectivity index (χ2n) is 4.69. The Bertz CT molecular complexity index is 348. The molecule has 5 heteroatoms. The molecule has 0 saturated carbocycles. The molecule has 0 aliphatic carbocycles. The Kier molecular flexibility index (Phi) is 6.68. The molecule has 102 valence electrons. The minimum atomic E-state index is 0. The number of likely N-dealkylation sites (tertiary alicyclic amines) is 1. The quantitative estimate of drug-likeness (QED) is 0.924. The molecule has 1 aromatic rings. The minimum absolute atomic E-state index is 0. The molecule has 0 unspecified atom stereocenters. The maximum absolute atomic E-state index is 12.0. The first-order chi connectivity index (χ1) is 8.29. The molecular weight excluding hydrogens is 268 g/mol. The molecule has 0 radical (unpaired) electrons. The number of carbonyl (C=O) groups is 1. The SMILES string of the molecule is Cl.NCC1CCN(C(=O)CCc2ccsc2)CC1. The molecule has 0 aromatic carbocycles. The molecular formula is C13H21ClN2OS.